The molecule has 5 rings (SSSR count). The number of alkyl halides is 3. The summed E-state index contributed by atoms with van der Waals surface area (Å²) in [5, 5.41) is 7.68. The van der Waals surface area contributed by atoms with Crippen LogP contribution in [0.2, 0.25) is 0 Å². The summed E-state index contributed by atoms with van der Waals surface area (Å²) in [6.45, 7) is 2.93. The van der Waals surface area contributed by atoms with E-state index in [0.29, 0.717) is 30.4 Å². The van der Waals surface area contributed by atoms with Gasteiger partial charge in [-0.1, -0.05) is 0 Å². The van der Waals surface area contributed by atoms with Crippen molar-refractivity contribution in [3.63, 3.8) is 0 Å². The van der Waals surface area contributed by atoms with Crippen LogP contribution in [-0.4, -0.2) is 52.2 Å². The van der Waals surface area contributed by atoms with Gasteiger partial charge in [0.1, 0.15) is 29.8 Å². The van der Waals surface area contributed by atoms with Gasteiger partial charge >= 0.3 is 6.18 Å². The van der Waals surface area contributed by atoms with Crippen LogP contribution in [0, 0.1) is 6.92 Å². The summed E-state index contributed by atoms with van der Waals surface area (Å²) in [7, 11) is 0. The lowest BCUT2D eigenvalue weighted by atomic mass is 9.93. The quantitative estimate of drug-likeness (QED) is 0.774. The largest absolute Gasteiger partial charge is 0.485 e. The summed E-state index contributed by atoms with van der Waals surface area (Å²) in [5.41, 5.74) is -0.147. The number of morpholine rings is 1. The molecule has 2 fully saturated rings. The van der Waals surface area contributed by atoms with Crippen LogP contribution < -0.4 is 15.0 Å². The molecule has 2 aliphatic heterocycles. The summed E-state index contributed by atoms with van der Waals surface area (Å²) in [6.07, 6.45) is -0.981. The van der Waals surface area contributed by atoms with Crippen LogP contribution >= 0.6 is 0 Å². The van der Waals surface area contributed by atoms with E-state index in [0.717, 1.165) is 25.5 Å². The molecule has 4 bridgehead atoms. The van der Waals surface area contributed by atoms with Crippen molar-refractivity contribution in [2.24, 2.45) is 0 Å². The molecule has 1 saturated heterocycles. The Kier molecular flexibility index (Phi) is 4.30. The SMILES string of the molecule is Cc1nn(C2CCC2)c2c1OC[C@H]1CN(CCO1)c1nc(ncc1C(F)(F)F)N2. The number of anilines is 3. The zero-order chi connectivity index (χ0) is 20.2. The van der Waals surface area contributed by atoms with Gasteiger partial charge in [0, 0.05) is 19.3 Å². The normalized spacial score (nSPS) is 22.1. The number of halogens is 3. The summed E-state index contributed by atoms with van der Waals surface area (Å²) in [6, 6.07) is 0.229. The van der Waals surface area contributed by atoms with Crippen LogP contribution in [0.15, 0.2) is 6.20 Å². The molecule has 11 heteroatoms. The van der Waals surface area contributed by atoms with Gasteiger partial charge in [0.2, 0.25) is 5.95 Å². The minimum atomic E-state index is -4.55. The number of aryl methyl sites for hydroxylation is 1. The summed E-state index contributed by atoms with van der Waals surface area (Å²) >= 11 is 0. The molecule has 0 amide bonds. The molecular weight excluding hydrogens is 389 g/mol. The van der Waals surface area contributed by atoms with E-state index in [1.807, 2.05) is 11.6 Å². The highest BCUT2D eigenvalue weighted by atomic mass is 19.4. The van der Waals surface area contributed by atoms with E-state index in [1.165, 1.54) is 0 Å². The maximum Gasteiger partial charge on any atom is 0.421 e. The fourth-order valence-electron chi connectivity index (χ4n) is 3.88. The minimum absolute atomic E-state index is 0.0864. The van der Waals surface area contributed by atoms with Gasteiger partial charge in [-0.25, -0.2) is 9.67 Å². The first-order valence-electron chi connectivity index (χ1n) is 9.70. The van der Waals surface area contributed by atoms with Crippen molar-refractivity contribution in [1.82, 2.24) is 19.7 Å². The Labute approximate surface area is 165 Å². The van der Waals surface area contributed by atoms with Gasteiger partial charge in [0.15, 0.2) is 11.6 Å². The summed E-state index contributed by atoms with van der Waals surface area (Å²) in [5.74, 6) is 1.08. The third kappa shape index (κ3) is 3.26. The Morgan fingerprint density at radius 3 is 2.83 bits per heavy atom. The summed E-state index contributed by atoms with van der Waals surface area (Å²) < 4.78 is 54.3. The van der Waals surface area contributed by atoms with Crippen molar-refractivity contribution in [2.75, 3.05) is 36.5 Å². The number of nitrogens with one attached hydrogen (secondary N) is 1. The lowest BCUT2D eigenvalue weighted by molar-refractivity contribution is -0.137. The van der Waals surface area contributed by atoms with E-state index in [9.17, 15) is 13.2 Å². The Morgan fingerprint density at radius 2 is 2.10 bits per heavy atom. The molecule has 2 aromatic heterocycles. The Morgan fingerprint density at radius 1 is 1.28 bits per heavy atom. The molecule has 1 saturated carbocycles. The minimum Gasteiger partial charge on any atom is -0.485 e. The standard InChI is InChI=1S/C18H21F3N6O2/c1-10-14-16(27(25-10)11-3-2-4-11)24-17-22-7-13(18(19,20)21)15(23-17)26-5-6-28-12(8-26)9-29-14/h7,11-12H,2-6,8-9H2,1H3,(H,22,23,24)/t12-/m1/s1. The topological polar surface area (TPSA) is 77.3 Å². The predicted molar refractivity (Wildman–Crippen MR) is 97.6 cm³/mol. The van der Waals surface area contributed by atoms with Gasteiger partial charge < -0.3 is 19.7 Å². The molecule has 8 nitrogen and oxygen atoms in total. The first-order valence-corrected chi connectivity index (χ1v) is 9.70. The molecule has 0 unspecified atom stereocenters. The fourth-order valence-corrected chi connectivity index (χ4v) is 3.88. The van der Waals surface area contributed by atoms with Crippen molar-refractivity contribution in [3.05, 3.63) is 17.5 Å². The number of hydrogen-bond donors (Lipinski definition) is 1. The van der Waals surface area contributed by atoms with Crippen LogP contribution in [-0.2, 0) is 10.9 Å². The van der Waals surface area contributed by atoms with Crippen LogP contribution in [0.25, 0.3) is 0 Å². The first-order chi connectivity index (χ1) is 13.9. The van der Waals surface area contributed by atoms with E-state index in [4.69, 9.17) is 9.47 Å². The van der Waals surface area contributed by atoms with Crippen LogP contribution in [0.3, 0.4) is 0 Å². The van der Waals surface area contributed by atoms with E-state index < -0.39 is 11.7 Å². The monoisotopic (exact) mass is 410 g/mol. The number of aromatic nitrogens is 4. The highest BCUT2D eigenvalue weighted by Crippen LogP contribution is 2.41. The predicted octanol–water partition coefficient (Wildman–Crippen LogP) is 3.07. The van der Waals surface area contributed by atoms with Crippen molar-refractivity contribution in [2.45, 2.75) is 44.5 Å². The van der Waals surface area contributed by atoms with Crippen molar-refractivity contribution in [3.8, 4) is 5.75 Å². The lowest BCUT2D eigenvalue weighted by Crippen LogP contribution is -2.46. The van der Waals surface area contributed by atoms with Gasteiger partial charge in [-0.3, -0.25) is 0 Å². The van der Waals surface area contributed by atoms with Crippen molar-refractivity contribution in [1.29, 1.82) is 0 Å². The molecule has 0 radical (unpaired) electrons. The molecule has 0 aromatic carbocycles. The molecule has 0 spiro atoms. The zero-order valence-corrected chi connectivity index (χ0v) is 15.9. The second kappa shape index (κ2) is 6.75. The Bertz CT molecular complexity index is 927. The van der Waals surface area contributed by atoms with Crippen molar-refractivity contribution < 1.29 is 22.6 Å². The number of fused-ring (bicyclic) bond motifs is 6. The van der Waals surface area contributed by atoms with Gasteiger partial charge in [0.25, 0.3) is 0 Å². The molecule has 1 aliphatic carbocycles. The molecule has 1 N–H and O–H groups in total. The van der Waals surface area contributed by atoms with Crippen LogP contribution in [0.4, 0.5) is 30.8 Å². The third-order valence-electron chi connectivity index (χ3n) is 5.61. The van der Waals surface area contributed by atoms with Gasteiger partial charge in [-0.2, -0.15) is 23.3 Å². The number of ether oxygens (including phenoxy) is 2. The van der Waals surface area contributed by atoms with Crippen LogP contribution in [0.1, 0.15) is 36.6 Å². The second-order valence-corrected chi connectivity index (χ2v) is 7.60. The second-order valence-electron chi connectivity index (χ2n) is 7.60. The smallest absolute Gasteiger partial charge is 0.421 e. The zero-order valence-electron chi connectivity index (χ0n) is 15.9. The molecule has 29 heavy (non-hydrogen) atoms. The van der Waals surface area contributed by atoms with E-state index in [2.05, 4.69) is 20.4 Å². The Balaban J connectivity index is 1.63. The Hall–Kier alpha value is -2.56. The molecule has 3 aliphatic rings. The third-order valence-corrected chi connectivity index (χ3v) is 5.61. The van der Waals surface area contributed by atoms with E-state index in [-0.39, 0.29) is 37.1 Å². The molecule has 1 atom stereocenters. The van der Waals surface area contributed by atoms with Crippen molar-refractivity contribution >= 4 is 17.6 Å². The molecule has 4 heterocycles. The lowest BCUT2D eigenvalue weighted by Gasteiger charge is -2.34. The number of rotatable bonds is 1. The number of nitrogens with zero attached hydrogens (tertiary/aromatic N) is 5. The van der Waals surface area contributed by atoms with Gasteiger partial charge in [-0.05, 0) is 26.2 Å². The fraction of sp³-hybridized carbons (Fsp3) is 0.611. The van der Waals surface area contributed by atoms with Gasteiger partial charge in [-0.15, -0.1) is 0 Å². The van der Waals surface area contributed by atoms with E-state index >= 15 is 0 Å². The molecule has 2 aromatic rings. The average Bonchev–Trinajstić information content (AvgIpc) is 2.92. The van der Waals surface area contributed by atoms with Gasteiger partial charge in [0.05, 0.1) is 12.6 Å². The molecular formula is C18H21F3N6O2. The van der Waals surface area contributed by atoms with E-state index in [1.54, 1.807) is 4.90 Å². The maximum atomic E-state index is 13.6. The highest BCUT2D eigenvalue weighted by molar-refractivity contribution is 5.62. The average molecular weight is 410 g/mol. The maximum absolute atomic E-state index is 13.6. The van der Waals surface area contributed by atoms with Crippen LogP contribution in [0.5, 0.6) is 5.75 Å². The highest BCUT2D eigenvalue weighted by Gasteiger charge is 2.39. The first kappa shape index (κ1) is 18.5. The molecule has 156 valence electrons. The number of hydrogen-bond acceptors (Lipinski definition) is 7. The summed E-state index contributed by atoms with van der Waals surface area (Å²) in [4.78, 5) is 9.78.